The molecule has 0 aliphatic carbocycles. The molecule has 2 unspecified atom stereocenters. The van der Waals surface area contributed by atoms with Gasteiger partial charge in [-0.3, -0.25) is 23.2 Å². The van der Waals surface area contributed by atoms with Crippen molar-refractivity contribution in [1.82, 2.24) is 14.2 Å². The lowest BCUT2D eigenvalue weighted by molar-refractivity contribution is -0.142. The number of aryl methyl sites for hydroxylation is 1. The average molecular weight is 604 g/mol. The van der Waals surface area contributed by atoms with Crippen LogP contribution in [-0.4, -0.2) is 57.5 Å². The highest BCUT2D eigenvalue weighted by Gasteiger charge is 2.39. The molecule has 2 aromatic rings. The summed E-state index contributed by atoms with van der Waals surface area (Å²) in [6, 6.07) is 7.21. The van der Waals surface area contributed by atoms with E-state index in [9.17, 15) is 24.1 Å². The van der Waals surface area contributed by atoms with E-state index in [1.54, 1.807) is 37.3 Å². The van der Waals surface area contributed by atoms with Gasteiger partial charge in [-0.1, -0.05) is 34.1 Å². The van der Waals surface area contributed by atoms with Crippen LogP contribution in [0.25, 0.3) is 0 Å². The highest BCUT2D eigenvalue weighted by atomic mass is 79.9. The van der Waals surface area contributed by atoms with Gasteiger partial charge in [-0.25, -0.2) is 9.36 Å². The minimum absolute atomic E-state index is 0.0415. The van der Waals surface area contributed by atoms with Crippen LogP contribution < -0.4 is 20.9 Å². The fourth-order valence-corrected chi connectivity index (χ4v) is 5.52. The maximum atomic E-state index is 13.5. The molecular weight excluding hydrogens is 573 g/mol. The molecule has 0 spiro atoms. The van der Waals surface area contributed by atoms with Crippen LogP contribution >= 0.6 is 23.7 Å². The number of ether oxygens (including phenoxy) is 2. The first-order valence-electron chi connectivity index (χ1n) is 11.7. The first-order chi connectivity index (χ1) is 17.6. The van der Waals surface area contributed by atoms with E-state index in [4.69, 9.17) is 13.8 Å². The van der Waals surface area contributed by atoms with Gasteiger partial charge in [-0.2, -0.15) is 5.09 Å². The fourth-order valence-electron chi connectivity index (χ4n) is 3.76. The molecule has 12 nitrogen and oxygen atoms in total. The second-order valence-electron chi connectivity index (χ2n) is 8.51. The van der Waals surface area contributed by atoms with Gasteiger partial charge in [0.05, 0.1) is 19.8 Å². The lowest BCUT2D eigenvalue weighted by Crippen LogP contribution is -2.42. The summed E-state index contributed by atoms with van der Waals surface area (Å²) in [7, 11) is -2.95. The van der Waals surface area contributed by atoms with Crippen molar-refractivity contribution < 1.29 is 33.0 Å². The molecule has 0 saturated carbocycles. The number of rotatable bonds is 12. The van der Waals surface area contributed by atoms with Gasteiger partial charge in [-0.05, 0) is 32.4 Å². The predicted molar refractivity (Wildman–Crippen MR) is 138 cm³/mol. The van der Waals surface area contributed by atoms with Crippen molar-refractivity contribution in [3.63, 3.8) is 0 Å². The Labute approximate surface area is 222 Å². The molecule has 5 atom stereocenters. The van der Waals surface area contributed by atoms with Crippen LogP contribution in [0.5, 0.6) is 5.75 Å². The zero-order valence-corrected chi connectivity index (χ0v) is 23.2. The van der Waals surface area contributed by atoms with E-state index >= 15 is 0 Å². The second-order valence-corrected chi connectivity index (χ2v) is 11.0. The SMILES string of the molecule is COC(=O)C(C)NP(=O)(OC[C@H]1O[C@@H](n2cc(C)c(=O)n(CCCBr)c2=O)C[C@@H]1O)Oc1ccccc1. The Balaban J connectivity index is 1.77. The molecule has 1 fully saturated rings. The molecule has 1 aliphatic rings. The first kappa shape index (κ1) is 29.3. The molecule has 0 radical (unpaired) electrons. The number of para-hydroxylation sites is 1. The van der Waals surface area contributed by atoms with Gasteiger partial charge in [0, 0.05) is 30.1 Å². The number of hydrogen-bond acceptors (Lipinski definition) is 9. The van der Waals surface area contributed by atoms with Gasteiger partial charge in [0.15, 0.2) is 0 Å². The molecule has 3 rings (SSSR count). The summed E-state index contributed by atoms with van der Waals surface area (Å²) in [5.41, 5.74) is -0.582. The second kappa shape index (κ2) is 13.0. The molecule has 37 heavy (non-hydrogen) atoms. The Morgan fingerprint density at radius 1 is 1.32 bits per heavy atom. The number of nitrogens with one attached hydrogen (secondary N) is 1. The lowest BCUT2D eigenvalue weighted by atomic mass is 10.2. The van der Waals surface area contributed by atoms with Crippen molar-refractivity contribution in [3.8, 4) is 5.75 Å². The summed E-state index contributed by atoms with van der Waals surface area (Å²) in [6.07, 6.45) is -0.885. The van der Waals surface area contributed by atoms with Gasteiger partial charge in [0.2, 0.25) is 0 Å². The summed E-state index contributed by atoms with van der Waals surface area (Å²) in [5.74, 6) is -0.448. The molecule has 2 heterocycles. The number of hydrogen-bond donors (Lipinski definition) is 2. The van der Waals surface area contributed by atoms with Gasteiger partial charge >= 0.3 is 19.4 Å². The highest BCUT2D eigenvalue weighted by molar-refractivity contribution is 9.09. The molecule has 0 amide bonds. The predicted octanol–water partition coefficient (Wildman–Crippen LogP) is 2.11. The number of halogens is 1. The number of carbonyl (C=O) groups is 1. The summed E-state index contributed by atoms with van der Waals surface area (Å²) >= 11 is 3.30. The Hall–Kier alpha value is -2.28. The number of alkyl halides is 1. The third-order valence-corrected chi connectivity index (χ3v) is 7.89. The third-order valence-electron chi connectivity index (χ3n) is 5.68. The minimum atomic E-state index is -4.14. The highest BCUT2D eigenvalue weighted by Crippen LogP contribution is 2.45. The first-order valence-corrected chi connectivity index (χ1v) is 14.3. The molecule has 1 aromatic carbocycles. The molecule has 14 heteroatoms. The van der Waals surface area contributed by atoms with Gasteiger partial charge in [0.1, 0.15) is 24.1 Å². The van der Waals surface area contributed by atoms with Crippen LogP contribution in [0.15, 0.2) is 46.1 Å². The quantitative estimate of drug-likeness (QED) is 0.210. The normalized spacial score (nSPS) is 21.8. The molecule has 0 bridgehead atoms. The third kappa shape index (κ3) is 7.40. The van der Waals surface area contributed by atoms with Crippen molar-refractivity contribution in [2.24, 2.45) is 0 Å². The van der Waals surface area contributed by atoms with E-state index in [2.05, 4.69) is 25.8 Å². The number of methoxy groups -OCH3 is 1. The maximum absolute atomic E-state index is 13.5. The minimum Gasteiger partial charge on any atom is -0.468 e. The van der Waals surface area contributed by atoms with E-state index in [-0.39, 0.29) is 30.9 Å². The molecule has 1 aromatic heterocycles. The average Bonchev–Trinajstić information content (AvgIpc) is 3.25. The number of carbonyl (C=O) groups excluding carboxylic acids is 1. The molecule has 2 N–H and O–H groups in total. The van der Waals surface area contributed by atoms with Crippen molar-refractivity contribution in [1.29, 1.82) is 0 Å². The van der Waals surface area contributed by atoms with Gasteiger partial charge < -0.3 is 19.1 Å². The van der Waals surface area contributed by atoms with Crippen LogP contribution in [0, 0.1) is 6.92 Å². The van der Waals surface area contributed by atoms with Crippen molar-refractivity contribution in [2.75, 3.05) is 19.0 Å². The number of esters is 1. The van der Waals surface area contributed by atoms with Gasteiger partial charge in [-0.15, -0.1) is 0 Å². The van der Waals surface area contributed by atoms with Crippen LogP contribution in [0.1, 0.15) is 31.6 Å². The standard InChI is InChI=1S/C23H31BrN3O9P/c1-15-13-27(23(31)26(21(15)29)11-7-10-24)20-12-18(28)19(35-20)14-34-37(32,25-16(2)22(30)33-3)36-17-8-5-4-6-9-17/h4-6,8-9,13,16,18-20,28H,7,10-12,14H2,1-3H3,(H,25,32)/t16?,18-,19+,20+,37?/m0/s1. The fraction of sp³-hybridized carbons (Fsp3) is 0.522. The number of aliphatic hydroxyl groups is 1. The summed E-state index contributed by atoms with van der Waals surface area (Å²) in [5, 5.41) is 13.8. The van der Waals surface area contributed by atoms with E-state index in [0.29, 0.717) is 17.3 Å². The zero-order chi connectivity index (χ0) is 27.2. The van der Waals surface area contributed by atoms with Crippen molar-refractivity contribution in [2.45, 2.75) is 57.7 Å². The Morgan fingerprint density at radius 2 is 2.03 bits per heavy atom. The van der Waals surface area contributed by atoms with Crippen LogP contribution in [0.4, 0.5) is 0 Å². The number of aromatic nitrogens is 2. The zero-order valence-electron chi connectivity index (χ0n) is 20.7. The Bertz CT molecular complexity index is 1240. The van der Waals surface area contributed by atoms with Crippen molar-refractivity contribution >= 4 is 29.6 Å². The summed E-state index contributed by atoms with van der Waals surface area (Å²) in [4.78, 5) is 37.3. The lowest BCUT2D eigenvalue weighted by Gasteiger charge is -2.24. The van der Waals surface area contributed by atoms with Crippen molar-refractivity contribution in [3.05, 3.63) is 62.9 Å². The van der Waals surface area contributed by atoms with Crippen LogP contribution in [0.3, 0.4) is 0 Å². The molecule has 1 saturated heterocycles. The smallest absolute Gasteiger partial charge is 0.459 e. The Kier molecular flexibility index (Phi) is 10.3. The van der Waals surface area contributed by atoms with Crippen LogP contribution in [0.2, 0.25) is 0 Å². The monoisotopic (exact) mass is 603 g/mol. The number of aliphatic hydroxyl groups excluding tert-OH is 1. The van der Waals surface area contributed by atoms with E-state index in [1.807, 2.05) is 0 Å². The van der Waals surface area contributed by atoms with Crippen LogP contribution in [-0.2, 0) is 29.9 Å². The largest absolute Gasteiger partial charge is 0.468 e. The maximum Gasteiger partial charge on any atom is 0.459 e. The molecular formula is C23H31BrN3O9P. The number of benzene rings is 1. The van der Waals surface area contributed by atoms with E-state index in [0.717, 1.165) is 4.57 Å². The van der Waals surface area contributed by atoms with E-state index in [1.165, 1.54) is 24.8 Å². The Morgan fingerprint density at radius 3 is 2.68 bits per heavy atom. The van der Waals surface area contributed by atoms with E-state index < -0.39 is 43.9 Å². The summed E-state index contributed by atoms with van der Waals surface area (Å²) < 4.78 is 37.6. The summed E-state index contributed by atoms with van der Waals surface area (Å²) in [6.45, 7) is 2.89. The molecule has 204 valence electrons. The molecule has 1 aliphatic heterocycles. The van der Waals surface area contributed by atoms with Gasteiger partial charge in [0.25, 0.3) is 5.56 Å². The topological polar surface area (TPSA) is 147 Å². The number of nitrogens with zero attached hydrogens (tertiary/aromatic N) is 2.